The van der Waals surface area contributed by atoms with Gasteiger partial charge in [0.1, 0.15) is 5.75 Å². The fourth-order valence-corrected chi connectivity index (χ4v) is 2.19. The summed E-state index contributed by atoms with van der Waals surface area (Å²) in [7, 11) is 0. The highest BCUT2D eigenvalue weighted by Crippen LogP contribution is 2.38. The number of aliphatic hydroxyl groups excluding tert-OH is 1. The summed E-state index contributed by atoms with van der Waals surface area (Å²) < 4.78 is 0.930. The monoisotopic (exact) mass is 272 g/mol. The van der Waals surface area contributed by atoms with Crippen LogP contribution < -0.4 is 0 Å². The topological polar surface area (TPSA) is 40.5 Å². The normalized spacial score (nSPS) is 13.3. The lowest BCUT2D eigenvalue weighted by molar-refractivity contribution is 0.193. The standard InChI is InChI=1S/C12H17BrO2/c1-6(2)9-5-10(13)7(3)11(8(4)14)12(9)15/h5-6,8,14-15H,1-4H3. The number of aliphatic hydroxyl groups is 1. The first-order valence-corrected chi connectivity index (χ1v) is 5.85. The minimum absolute atomic E-state index is 0.223. The molecule has 1 unspecified atom stereocenters. The minimum atomic E-state index is -0.653. The number of halogens is 1. The third-order valence-corrected chi connectivity index (χ3v) is 3.44. The molecular weight excluding hydrogens is 256 g/mol. The van der Waals surface area contributed by atoms with Gasteiger partial charge < -0.3 is 10.2 Å². The molecule has 2 nitrogen and oxygen atoms in total. The average Bonchev–Trinajstić information content (AvgIpc) is 2.10. The number of phenols is 1. The van der Waals surface area contributed by atoms with Crippen molar-refractivity contribution in [1.82, 2.24) is 0 Å². The second kappa shape index (κ2) is 4.54. The lowest BCUT2D eigenvalue weighted by atomic mass is 9.94. The van der Waals surface area contributed by atoms with Crippen LogP contribution in [0.2, 0.25) is 0 Å². The van der Waals surface area contributed by atoms with Crippen molar-refractivity contribution in [2.75, 3.05) is 0 Å². The first-order valence-electron chi connectivity index (χ1n) is 5.06. The Labute approximate surface area is 99.1 Å². The lowest BCUT2D eigenvalue weighted by Gasteiger charge is -2.18. The molecule has 0 fully saturated rings. The molecule has 0 saturated heterocycles. The van der Waals surface area contributed by atoms with Gasteiger partial charge in [0.05, 0.1) is 6.10 Å². The van der Waals surface area contributed by atoms with Crippen molar-refractivity contribution in [3.63, 3.8) is 0 Å². The molecule has 84 valence electrons. The highest BCUT2D eigenvalue weighted by molar-refractivity contribution is 9.10. The molecule has 0 heterocycles. The van der Waals surface area contributed by atoms with E-state index in [1.807, 2.05) is 26.8 Å². The van der Waals surface area contributed by atoms with Crippen molar-refractivity contribution in [2.45, 2.75) is 39.7 Å². The number of rotatable bonds is 2. The maximum atomic E-state index is 10.1. The summed E-state index contributed by atoms with van der Waals surface area (Å²) in [5.41, 5.74) is 2.38. The molecule has 2 N–H and O–H groups in total. The van der Waals surface area contributed by atoms with Gasteiger partial charge in [0.2, 0.25) is 0 Å². The van der Waals surface area contributed by atoms with Crippen molar-refractivity contribution >= 4 is 15.9 Å². The summed E-state index contributed by atoms with van der Waals surface area (Å²) in [4.78, 5) is 0. The van der Waals surface area contributed by atoms with Crippen LogP contribution in [0.1, 0.15) is 49.5 Å². The minimum Gasteiger partial charge on any atom is -0.507 e. The molecule has 1 aromatic carbocycles. The van der Waals surface area contributed by atoms with Crippen LogP contribution in [0.3, 0.4) is 0 Å². The number of benzene rings is 1. The van der Waals surface area contributed by atoms with Crippen molar-refractivity contribution in [2.24, 2.45) is 0 Å². The zero-order valence-corrected chi connectivity index (χ0v) is 11.1. The smallest absolute Gasteiger partial charge is 0.125 e. The van der Waals surface area contributed by atoms with E-state index in [1.165, 1.54) is 0 Å². The third kappa shape index (κ3) is 2.34. The zero-order chi connectivity index (χ0) is 11.7. The Morgan fingerprint density at radius 2 is 1.80 bits per heavy atom. The van der Waals surface area contributed by atoms with Crippen molar-refractivity contribution in [1.29, 1.82) is 0 Å². The largest absolute Gasteiger partial charge is 0.507 e. The molecule has 0 aliphatic carbocycles. The summed E-state index contributed by atoms with van der Waals surface area (Å²) in [6, 6.07) is 1.92. The lowest BCUT2D eigenvalue weighted by Crippen LogP contribution is -2.01. The van der Waals surface area contributed by atoms with Crippen molar-refractivity contribution < 1.29 is 10.2 Å². The van der Waals surface area contributed by atoms with Crippen molar-refractivity contribution in [3.05, 3.63) is 27.2 Å². The predicted molar refractivity (Wildman–Crippen MR) is 65.3 cm³/mol. The van der Waals surface area contributed by atoms with Gasteiger partial charge in [-0.3, -0.25) is 0 Å². The first kappa shape index (κ1) is 12.5. The van der Waals surface area contributed by atoms with Gasteiger partial charge in [-0.2, -0.15) is 0 Å². The Morgan fingerprint density at radius 1 is 1.27 bits per heavy atom. The van der Waals surface area contributed by atoms with E-state index in [4.69, 9.17) is 0 Å². The summed E-state index contributed by atoms with van der Waals surface area (Å²) in [6.45, 7) is 7.58. The molecule has 0 saturated carbocycles. The second-order valence-electron chi connectivity index (χ2n) is 4.17. The van der Waals surface area contributed by atoms with Crippen LogP contribution in [0.5, 0.6) is 5.75 Å². The summed E-state index contributed by atoms with van der Waals surface area (Å²) in [5, 5.41) is 19.7. The van der Waals surface area contributed by atoms with E-state index in [0.717, 1.165) is 15.6 Å². The van der Waals surface area contributed by atoms with Gasteiger partial charge in [0.25, 0.3) is 0 Å². The average molecular weight is 273 g/mol. The Balaban J connectivity index is 3.49. The van der Waals surface area contributed by atoms with E-state index >= 15 is 0 Å². The quantitative estimate of drug-likeness (QED) is 0.863. The number of hydrogen-bond donors (Lipinski definition) is 2. The van der Waals surface area contributed by atoms with E-state index in [0.29, 0.717) is 5.56 Å². The van der Waals surface area contributed by atoms with Crippen molar-refractivity contribution in [3.8, 4) is 5.75 Å². The summed E-state index contributed by atoms with van der Waals surface area (Å²) >= 11 is 3.45. The molecule has 0 spiro atoms. The molecule has 15 heavy (non-hydrogen) atoms. The van der Waals surface area contributed by atoms with Gasteiger partial charge in [-0.1, -0.05) is 29.8 Å². The third-order valence-electron chi connectivity index (χ3n) is 2.61. The van der Waals surface area contributed by atoms with Gasteiger partial charge in [0, 0.05) is 10.0 Å². The van der Waals surface area contributed by atoms with Crippen LogP contribution >= 0.6 is 15.9 Å². The van der Waals surface area contributed by atoms with Crippen LogP contribution in [0, 0.1) is 6.92 Å². The molecule has 0 aliphatic heterocycles. The van der Waals surface area contributed by atoms with E-state index in [-0.39, 0.29) is 11.7 Å². The summed E-state index contributed by atoms with van der Waals surface area (Å²) in [6.07, 6.45) is -0.653. The Kier molecular flexibility index (Phi) is 3.79. The molecule has 0 aliphatic rings. The number of hydrogen-bond acceptors (Lipinski definition) is 2. The van der Waals surface area contributed by atoms with E-state index in [9.17, 15) is 10.2 Å². The van der Waals surface area contributed by atoms with Crippen LogP contribution in [0.25, 0.3) is 0 Å². The Hall–Kier alpha value is -0.540. The Bertz CT molecular complexity index is 370. The first-order chi connectivity index (χ1) is 6.86. The zero-order valence-electron chi connectivity index (χ0n) is 9.50. The van der Waals surface area contributed by atoms with Gasteiger partial charge in [-0.25, -0.2) is 0 Å². The van der Waals surface area contributed by atoms with Gasteiger partial charge in [-0.05, 0) is 37.0 Å². The maximum absolute atomic E-state index is 10.1. The number of phenolic OH excluding ortho intramolecular Hbond substituents is 1. The highest BCUT2D eigenvalue weighted by Gasteiger charge is 2.18. The summed E-state index contributed by atoms with van der Waals surface area (Å²) in [5.74, 6) is 0.458. The van der Waals surface area contributed by atoms with Gasteiger partial charge in [-0.15, -0.1) is 0 Å². The molecule has 1 aromatic rings. The van der Waals surface area contributed by atoms with Crippen LogP contribution in [0.4, 0.5) is 0 Å². The van der Waals surface area contributed by atoms with Gasteiger partial charge >= 0.3 is 0 Å². The molecule has 1 atom stereocenters. The second-order valence-corrected chi connectivity index (χ2v) is 5.02. The molecule has 1 rings (SSSR count). The fraction of sp³-hybridized carbons (Fsp3) is 0.500. The SMILES string of the molecule is Cc1c(Br)cc(C(C)C)c(O)c1C(C)O. The molecule has 3 heteroatoms. The van der Waals surface area contributed by atoms with Crippen LogP contribution in [0.15, 0.2) is 10.5 Å². The molecule has 0 bridgehead atoms. The fourth-order valence-electron chi connectivity index (χ4n) is 1.73. The van der Waals surface area contributed by atoms with E-state index in [2.05, 4.69) is 15.9 Å². The van der Waals surface area contributed by atoms with Gasteiger partial charge in [0.15, 0.2) is 0 Å². The van der Waals surface area contributed by atoms with E-state index < -0.39 is 6.10 Å². The Morgan fingerprint density at radius 3 is 2.20 bits per heavy atom. The van der Waals surface area contributed by atoms with Crippen LogP contribution in [-0.2, 0) is 0 Å². The molecule has 0 aromatic heterocycles. The molecular formula is C12H17BrO2. The highest BCUT2D eigenvalue weighted by atomic mass is 79.9. The number of aromatic hydroxyl groups is 1. The van der Waals surface area contributed by atoms with E-state index in [1.54, 1.807) is 6.92 Å². The van der Waals surface area contributed by atoms with Crippen LogP contribution in [-0.4, -0.2) is 10.2 Å². The molecule has 0 radical (unpaired) electrons. The molecule has 0 amide bonds. The maximum Gasteiger partial charge on any atom is 0.125 e. The predicted octanol–water partition coefficient (Wildman–Crippen LogP) is 3.64.